The van der Waals surface area contributed by atoms with Gasteiger partial charge in [-0.15, -0.1) is 3.89 Å². The van der Waals surface area contributed by atoms with E-state index in [1.807, 2.05) is 0 Å². The first kappa shape index (κ1) is 10.9. The van der Waals surface area contributed by atoms with Crippen molar-refractivity contribution in [3.63, 3.8) is 0 Å². The first-order chi connectivity index (χ1) is 7.48. The summed E-state index contributed by atoms with van der Waals surface area (Å²) < 4.78 is 38.5. The Morgan fingerprint density at radius 1 is 1.38 bits per heavy atom. The summed E-state index contributed by atoms with van der Waals surface area (Å²) in [6.07, 6.45) is 0. The Morgan fingerprint density at radius 3 is 2.75 bits per heavy atom. The lowest BCUT2D eigenvalue weighted by molar-refractivity contribution is 0.415. The van der Waals surface area contributed by atoms with Gasteiger partial charge in [-0.05, 0) is 23.6 Å². The summed E-state index contributed by atoms with van der Waals surface area (Å²) in [5, 5.41) is 0.819. The second kappa shape index (κ2) is 3.79. The number of hydrogen-bond acceptors (Lipinski definition) is 3. The zero-order chi connectivity index (χ0) is 11.8. The van der Waals surface area contributed by atoms with Crippen molar-refractivity contribution < 1.29 is 17.0 Å². The molecule has 2 aromatic rings. The molecule has 1 heterocycles. The van der Waals surface area contributed by atoms with Gasteiger partial charge in [0, 0.05) is 17.3 Å². The van der Waals surface area contributed by atoms with Gasteiger partial charge in [0.1, 0.15) is 11.5 Å². The maximum Gasteiger partial charge on any atom is 0.308 e. The monoisotopic (exact) mass is 243 g/mol. The normalized spacial score (nSPS) is 11.9. The van der Waals surface area contributed by atoms with E-state index >= 15 is 0 Å². The average Bonchev–Trinajstić information content (AvgIpc) is 2.55. The second-order valence-electron chi connectivity index (χ2n) is 3.43. The third-order valence-corrected chi connectivity index (χ3v) is 2.87. The molecule has 0 saturated carbocycles. The fraction of sp³-hybridized carbons (Fsp3) is 0.200. The molecular formula is C10H10FNO3S. The Labute approximate surface area is 92.3 Å². The maximum absolute atomic E-state index is 12.5. The average molecular weight is 243 g/mol. The van der Waals surface area contributed by atoms with Gasteiger partial charge in [-0.3, -0.25) is 0 Å². The standard InChI is InChI=1S/C10H10FNO3S/c1-15-9-3-2-7-4-8(6-16(11,13)14)12-10(7)5-9/h2-5,12H,6H2,1H3. The van der Waals surface area contributed by atoms with E-state index in [4.69, 9.17) is 4.74 Å². The van der Waals surface area contributed by atoms with Crippen LogP contribution in [-0.2, 0) is 16.0 Å². The number of hydrogen-bond donors (Lipinski definition) is 1. The molecule has 0 aliphatic heterocycles. The van der Waals surface area contributed by atoms with Gasteiger partial charge in [0.05, 0.1) is 7.11 Å². The van der Waals surface area contributed by atoms with Crippen molar-refractivity contribution in [3.8, 4) is 5.75 Å². The van der Waals surface area contributed by atoms with Crippen LogP contribution in [0.4, 0.5) is 3.89 Å². The van der Waals surface area contributed by atoms with Crippen LogP contribution in [0.2, 0.25) is 0 Å². The summed E-state index contributed by atoms with van der Waals surface area (Å²) in [6, 6.07) is 6.86. The highest BCUT2D eigenvalue weighted by molar-refractivity contribution is 7.85. The Balaban J connectivity index is 2.44. The van der Waals surface area contributed by atoms with Crippen LogP contribution in [0.5, 0.6) is 5.75 Å². The molecule has 0 bridgehead atoms. The van der Waals surface area contributed by atoms with E-state index in [1.165, 1.54) is 7.11 Å². The van der Waals surface area contributed by atoms with Crippen molar-refractivity contribution in [3.05, 3.63) is 30.0 Å². The fourth-order valence-electron chi connectivity index (χ4n) is 1.56. The van der Waals surface area contributed by atoms with Gasteiger partial charge in [-0.1, -0.05) is 0 Å². The molecule has 0 unspecified atom stereocenters. The summed E-state index contributed by atoms with van der Waals surface area (Å²) in [5.74, 6) is 0.0216. The number of methoxy groups -OCH3 is 1. The lowest BCUT2D eigenvalue weighted by Gasteiger charge is -1.97. The molecule has 0 saturated heterocycles. The van der Waals surface area contributed by atoms with E-state index < -0.39 is 16.0 Å². The third-order valence-electron chi connectivity index (χ3n) is 2.21. The van der Waals surface area contributed by atoms with Gasteiger partial charge in [-0.25, -0.2) is 0 Å². The molecule has 1 aromatic carbocycles. The van der Waals surface area contributed by atoms with Crippen LogP contribution in [0.25, 0.3) is 10.9 Å². The molecule has 0 radical (unpaired) electrons. The Kier molecular flexibility index (Phi) is 2.59. The van der Waals surface area contributed by atoms with Crippen LogP contribution in [0.15, 0.2) is 24.3 Å². The van der Waals surface area contributed by atoms with Crippen LogP contribution in [0.1, 0.15) is 5.69 Å². The molecule has 0 aliphatic carbocycles. The lowest BCUT2D eigenvalue weighted by atomic mass is 10.2. The van der Waals surface area contributed by atoms with Crippen molar-refractivity contribution in [1.82, 2.24) is 4.98 Å². The second-order valence-corrected chi connectivity index (χ2v) is 4.80. The first-order valence-corrected chi connectivity index (χ1v) is 6.11. The smallest absolute Gasteiger partial charge is 0.308 e. The number of halogens is 1. The molecule has 1 N–H and O–H groups in total. The van der Waals surface area contributed by atoms with Gasteiger partial charge in [0.15, 0.2) is 0 Å². The summed E-state index contributed by atoms with van der Waals surface area (Å²) in [7, 11) is -2.96. The molecule has 0 spiro atoms. The molecule has 0 aliphatic rings. The summed E-state index contributed by atoms with van der Waals surface area (Å²) in [6.45, 7) is 0. The van der Waals surface area contributed by atoms with Gasteiger partial charge < -0.3 is 9.72 Å². The molecule has 2 rings (SSSR count). The SMILES string of the molecule is COc1ccc2cc(CS(=O)(=O)F)[nH]c2c1. The molecule has 1 aromatic heterocycles. The van der Waals surface area contributed by atoms with E-state index in [1.54, 1.807) is 24.3 Å². The van der Waals surface area contributed by atoms with E-state index in [-0.39, 0.29) is 0 Å². The molecular weight excluding hydrogens is 233 g/mol. The topological polar surface area (TPSA) is 59.2 Å². The Morgan fingerprint density at radius 2 is 2.12 bits per heavy atom. The zero-order valence-electron chi connectivity index (χ0n) is 8.53. The number of rotatable bonds is 3. The molecule has 0 atom stereocenters. The largest absolute Gasteiger partial charge is 0.497 e. The van der Waals surface area contributed by atoms with Crippen LogP contribution < -0.4 is 4.74 Å². The van der Waals surface area contributed by atoms with Gasteiger partial charge in [0.25, 0.3) is 0 Å². The van der Waals surface area contributed by atoms with Gasteiger partial charge >= 0.3 is 10.2 Å². The number of fused-ring (bicyclic) bond motifs is 1. The highest BCUT2D eigenvalue weighted by atomic mass is 32.3. The number of ether oxygens (including phenoxy) is 1. The highest BCUT2D eigenvalue weighted by Gasteiger charge is 2.11. The van der Waals surface area contributed by atoms with E-state index in [9.17, 15) is 12.3 Å². The Bertz CT molecular complexity index is 618. The molecule has 0 amide bonds. The van der Waals surface area contributed by atoms with E-state index in [0.717, 1.165) is 10.9 Å². The maximum atomic E-state index is 12.5. The number of benzene rings is 1. The van der Waals surface area contributed by atoms with Gasteiger partial charge in [-0.2, -0.15) is 8.42 Å². The minimum atomic E-state index is -4.50. The van der Waals surface area contributed by atoms with Crippen molar-refractivity contribution in [1.29, 1.82) is 0 Å². The molecule has 86 valence electrons. The van der Waals surface area contributed by atoms with E-state index in [2.05, 4.69) is 4.98 Å². The van der Waals surface area contributed by atoms with Crippen LogP contribution in [0.3, 0.4) is 0 Å². The van der Waals surface area contributed by atoms with Crippen LogP contribution >= 0.6 is 0 Å². The Hall–Kier alpha value is -1.56. The molecule has 6 heteroatoms. The van der Waals surface area contributed by atoms with Crippen molar-refractivity contribution in [2.24, 2.45) is 0 Å². The number of nitrogens with one attached hydrogen (secondary N) is 1. The summed E-state index contributed by atoms with van der Waals surface area (Å²) in [5.41, 5.74) is 1.05. The zero-order valence-corrected chi connectivity index (χ0v) is 9.34. The first-order valence-electron chi connectivity index (χ1n) is 4.56. The quantitative estimate of drug-likeness (QED) is 0.838. The molecule has 4 nitrogen and oxygen atoms in total. The number of aromatic amines is 1. The van der Waals surface area contributed by atoms with E-state index in [0.29, 0.717) is 11.4 Å². The minimum Gasteiger partial charge on any atom is -0.497 e. The number of aromatic nitrogens is 1. The fourth-order valence-corrected chi connectivity index (χ4v) is 2.08. The number of H-pyrrole nitrogens is 1. The van der Waals surface area contributed by atoms with Crippen molar-refractivity contribution in [2.75, 3.05) is 7.11 Å². The molecule has 16 heavy (non-hydrogen) atoms. The third kappa shape index (κ3) is 2.33. The lowest BCUT2D eigenvalue weighted by Crippen LogP contribution is -1.95. The molecule has 0 fully saturated rings. The van der Waals surface area contributed by atoms with Crippen molar-refractivity contribution in [2.45, 2.75) is 5.75 Å². The summed E-state index contributed by atoms with van der Waals surface area (Å²) >= 11 is 0. The van der Waals surface area contributed by atoms with Crippen LogP contribution in [0, 0.1) is 0 Å². The predicted octanol–water partition coefficient (Wildman–Crippen LogP) is 1.98. The highest BCUT2D eigenvalue weighted by Crippen LogP contribution is 2.22. The van der Waals surface area contributed by atoms with Crippen LogP contribution in [-0.4, -0.2) is 20.5 Å². The summed E-state index contributed by atoms with van der Waals surface area (Å²) in [4.78, 5) is 2.83. The van der Waals surface area contributed by atoms with Crippen molar-refractivity contribution >= 4 is 21.1 Å². The van der Waals surface area contributed by atoms with Gasteiger partial charge in [0.2, 0.25) is 0 Å². The minimum absolute atomic E-state index is 0.325. The predicted molar refractivity (Wildman–Crippen MR) is 58.6 cm³/mol.